The molecule has 0 spiro atoms. The Morgan fingerprint density at radius 1 is 1.00 bits per heavy atom. The van der Waals surface area contributed by atoms with E-state index in [2.05, 4.69) is 17.8 Å². The standard InChI is InChI=1S/C11H14N/c1-5-8-11-12(4,9-6-2)10-7-3/h1-3H,8-11H2,4H3/q+1. The summed E-state index contributed by atoms with van der Waals surface area (Å²) in [6, 6.07) is 0. The first kappa shape index (κ1) is 10.6. The van der Waals surface area contributed by atoms with E-state index in [0.29, 0.717) is 17.6 Å². The average Bonchev–Trinajstić information content (AvgIpc) is 2.02. The molecule has 0 aromatic carbocycles. The van der Waals surface area contributed by atoms with E-state index in [1.165, 1.54) is 0 Å². The SMILES string of the molecule is C#CCC[N+](C)(CC#C)CC#C. The summed E-state index contributed by atoms with van der Waals surface area (Å²) >= 11 is 0. The van der Waals surface area contributed by atoms with Gasteiger partial charge in [-0.15, -0.1) is 25.2 Å². The van der Waals surface area contributed by atoms with Crippen molar-refractivity contribution in [2.75, 3.05) is 26.7 Å². The van der Waals surface area contributed by atoms with Crippen molar-refractivity contribution in [1.29, 1.82) is 0 Å². The topological polar surface area (TPSA) is 0 Å². The van der Waals surface area contributed by atoms with Gasteiger partial charge in [0.1, 0.15) is 13.1 Å². The second-order valence-electron chi connectivity index (χ2n) is 3.02. The zero-order chi connectivity index (χ0) is 9.45. The van der Waals surface area contributed by atoms with Gasteiger partial charge in [0.2, 0.25) is 0 Å². The van der Waals surface area contributed by atoms with Crippen LogP contribution in [-0.2, 0) is 0 Å². The largest absolute Gasteiger partial charge is 0.305 e. The van der Waals surface area contributed by atoms with Crippen LogP contribution in [0.2, 0.25) is 0 Å². The maximum absolute atomic E-state index is 5.23. The predicted octanol–water partition coefficient (Wildman–Crippen LogP) is 0.723. The van der Waals surface area contributed by atoms with E-state index >= 15 is 0 Å². The third-order valence-electron chi connectivity index (χ3n) is 1.74. The summed E-state index contributed by atoms with van der Waals surface area (Å²) in [7, 11) is 2.02. The lowest BCUT2D eigenvalue weighted by molar-refractivity contribution is -0.895. The summed E-state index contributed by atoms with van der Waals surface area (Å²) in [5.41, 5.74) is 0. The summed E-state index contributed by atoms with van der Waals surface area (Å²) < 4.78 is 0.678. The van der Waals surface area contributed by atoms with E-state index in [-0.39, 0.29) is 0 Å². The highest BCUT2D eigenvalue weighted by molar-refractivity contribution is 4.90. The van der Waals surface area contributed by atoms with E-state index in [1.807, 2.05) is 7.05 Å². The number of rotatable bonds is 4. The first-order valence-electron chi connectivity index (χ1n) is 3.82. The van der Waals surface area contributed by atoms with Crippen LogP contribution < -0.4 is 0 Å². The van der Waals surface area contributed by atoms with Gasteiger partial charge in [0.15, 0.2) is 0 Å². The normalized spacial score (nSPS) is 9.50. The van der Waals surface area contributed by atoms with Crippen LogP contribution >= 0.6 is 0 Å². The molecule has 0 aromatic heterocycles. The maximum Gasteiger partial charge on any atom is 0.141 e. The first-order valence-corrected chi connectivity index (χ1v) is 3.82. The molecule has 0 radical (unpaired) electrons. The van der Waals surface area contributed by atoms with Gasteiger partial charge in [0.25, 0.3) is 0 Å². The van der Waals surface area contributed by atoms with Crippen LogP contribution in [0.15, 0.2) is 0 Å². The van der Waals surface area contributed by atoms with Gasteiger partial charge < -0.3 is 4.48 Å². The van der Waals surface area contributed by atoms with Gasteiger partial charge in [-0.1, -0.05) is 0 Å². The zero-order valence-corrected chi connectivity index (χ0v) is 7.51. The number of terminal acetylenes is 3. The second-order valence-corrected chi connectivity index (χ2v) is 3.02. The van der Waals surface area contributed by atoms with Crippen LogP contribution in [0, 0.1) is 37.0 Å². The molecule has 1 heteroatoms. The fraction of sp³-hybridized carbons (Fsp3) is 0.455. The highest BCUT2D eigenvalue weighted by Crippen LogP contribution is 2.01. The molecule has 12 heavy (non-hydrogen) atoms. The number of nitrogens with zero attached hydrogens (tertiary/aromatic N) is 1. The first-order chi connectivity index (χ1) is 5.68. The molecule has 0 saturated heterocycles. The lowest BCUT2D eigenvalue weighted by Crippen LogP contribution is -2.45. The fourth-order valence-electron chi connectivity index (χ4n) is 0.989. The molecule has 0 amide bonds. The molecule has 0 aliphatic carbocycles. The molecule has 0 saturated carbocycles. The minimum atomic E-state index is 0.645. The molecular formula is C11H14N+. The Morgan fingerprint density at radius 3 is 1.83 bits per heavy atom. The van der Waals surface area contributed by atoms with Crippen molar-refractivity contribution in [2.24, 2.45) is 0 Å². The molecule has 0 unspecified atom stereocenters. The van der Waals surface area contributed by atoms with E-state index in [9.17, 15) is 0 Å². The molecule has 62 valence electrons. The Kier molecular flexibility index (Phi) is 4.71. The van der Waals surface area contributed by atoms with Gasteiger partial charge in [-0.3, -0.25) is 0 Å². The van der Waals surface area contributed by atoms with E-state index < -0.39 is 0 Å². The lowest BCUT2D eigenvalue weighted by Gasteiger charge is -2.29. The molecule has 0 aliphatic heterocycles. The molecule has 0 bridgehead atoms. The fourth-order valence-corrected chi connectivity index (χ4v) is 0.989. The number of hydrogen-bond donors (Lipinski definition) is 0. The van der Waals surface area contributed by atoms with Crippen molar-refractivity contribution >= 4 is 0 Å². The third-order valence-corrected chi connectivity index (χ3v) is 1.74. The molecule has 0 atom stereocenters. The van der Waals surface area contributed by atoms with E-state index in [4.69, 9.17) is 19.3 Å². The molecule has 0 fully saturated rings. The molecular weight excluding hydrogens is 146 g/mol. The van der Waals surface area contributed by atoms with Crippen LogP contribution in [0.25, 0.3) is 0 Å². The van der Waals surface area contributed by atoms with Gasteiger partial charge in [-0.25, -0.2) is 0 Å². The molecule has 0 aliphatic rings. The second kappa shape index (κ2) is 5.31. The average molecular weight is 160 g/mol. The molecule has 0 heterocycles. The van der Waals surface area contributed by atoms with E-state index in [0.717, 1.165) is 13.0 Å². The van der Waals surface area contributed by atoms with Crippen molar-refractivity contribution < 1.29 is 4.48 Å². The van der Waals surface area contributed by atoms with Crippen molar-refractivity contribution in [3.05, 3.63) is 0 Å². The van der Waals surface area contributed by atoms with Crippen molar-refractivity contribution in [1.82, 2.24) is 0 Å². The summed E-state index contributed by atoms with van der Waals surface area (Å²) in [6.07, 6.45) is 16.3. The Labute approximate surface area is 75.4 Å². The van der Waals surface area contributed by atoms with Crippen LogP contribution in [0.5, 0.6) is 0 Å². The molecule has 1 nitrogen and oxygen atoms in total. The third kappa shape index (κ3) is 3.72. The summed E-state index contributed by atoms with van der Waals surface area (Å²) in [6.45, 7) is 2.14. The minimum Gasteiger partial charge on any atom is -0.305 e. The zero-order valence-electron chi connectivity index (χ0n) is 7.51. The van der Waals surface area contributed by atoms with Gasteiger partial charge in [0, 0.05) is 0 Å². The minimum absolute atomic E-state index is 0.645. The smallest absolute Gasteiger partial charge is 0.141 e. The Bertz CT molecular complexity index is 228. The highest BCUT2D eigenvalue weighted by atomic mass is 15.3. The lowest BCUT2D eigenvalue weighted by atomic mass is 10.3. The van der Waals surface area contributed by atoms with Crippen LogP contribution in [-0.4, -0.2) is 31.2 Å². The Morgan fingerprint density at radius 2 is 1.50 bits per heavy atom. The van der Waals surface area contributed by atoms with Gasteiger partial charge >= 0.3 is 0 Å². The van der Waals surface area contributed by atoms with E-state index in [1.54, 1.807) is 0 Å². The Hall–Kier alpha value is -1.36. The van der Waals surface area contributed by atoms with Crippen LogP contribution in [0.3, 0.4) is 0 Å². The molecule has 0 aromatic rings. The molecule has 0 rings (SSSR count). The number of quaternary nitrogens is 1. The van der Waals surface area contributed by atoms with Gasteiger partial charge in [-0.2, -0.15) is 0 Å². The number of hydrogen-bond acceptors (Lipinski definition) is 0. The molecule has 0 N–H and O–H groups in total. The summed E-state index contributed by atoms with van der Waals surface area (Å²) in [5.74, 6) is 7.81. The summed E-state index contributed by atoms with van der Waals surface area (Å²) in [5, 5.41) is 0. The van der Waals surface area contributed by atoms with Crippen molar-refractivity contribution in [2.45, 2.75) is 6.42 Å². The summed E-state index contributed by atoms with van der Waals surface area (Å²) in [4.78, 5) is 0. The Balaban J connectivity index is 4.13. The van der Waals surface area contributed by atoms with Gasteiger partial charge in [-0.05, 0) is 11.8 Å². The monoisotopic (exact) mass is 160 g/mol. The van der Waals surface area contributed by atoms with Crippen molar-refractivity contribution in [3.8, 4) is 37.0 Å². The highest BCUT2D eigenvalue weighted by Gasteiger charge is 2.17. The van der Waals surface area contributed by atoms with Crippen LogP contribution in [0.1, 0.15) is 6.42 Å². The predicted molar refractivity (Wildman–Crippen MR) is 51.9 cm³/mol. The van der Waals surface area contributed by atoms with Crippen LogP contribution in [0.4, 0.5) is 0 Å². The van der Waals surface area contributed by atoms with Crippen molar-refractivity contribution in [3.63, 3.8) is 0 Å². The maximum atomic E-state index is 5.23. The van der Waals surface area contributed by atoms with Gasteiger partial charge in [0.05, 0.1) is 20.0 Å². The quantitative estimate of drug-likeness (QED) is 0.420.